The summed E-state index contributed by atoms with van der Waals surface area (Å²) >= 11 is 0. The van der Waals surface area contributed by atoms with Crippen LogP contribution in [0, 0.1) is 5.92 Å². The SMILES string of the molecule is C=CC(CC)C(C=C)c1cccc(N2CC(=O)C(=O)CC2C)c1. The minimum Gasteiger partial charge on any atom is -0.361 e. The molecule has 1 saturated heterocycles. The molecule has 1 aromatic rings. The lowest BCUT2D eigenvalue weighted by Gasteiger charge is -2.34. The van der Waals surface area contributed by atoms with Crippen molar-refractivity contribution in [1.29, 1.82) is 0 Å². The summed E-state index contributed by atoms with van der Waals surface area (Å²) in [4.78, 5) is 25.4. The molecule has 0 N–H and O–H groups in total. The van der Waals surface area contributed by atoms with Gasteiger partial charge in [-0.2, -0.15) is 0 Å². The Kier molecular flexibility index (Phi) is 5.54. The Labute approximate surface area is 138 Å². The van der Waals surface area contributed by atoms with Crippen molar-refractivity contribution in [3.8, 4) is 0 Å². The van der Waals surface area contributed by atoms with Crippen LogP contribution >= 0.6 is 0 Å². The van der Waals surface area contributed by atoms with E-state index < -0.39 is 0 Å². The van der Waals surface area contributed by atoms with Crippen molar-refractivity contribution >= 4 is 17.3 Å². The van der Waals surface area contributed by atoms with E-state index in [1.807, 2.05) is 36.1 Å². The van der Waals surface area contributed by atoms with Crippen LogP contribution in [0.5, 0.6) is 0 Å². The van der Waals surface area contributed by atoms with Crippen LogP contribution < -0.4 is 4.90 Å². The quantitative estimate of drug-likeness (QED) is 0.590. The highest BCUT2D eigenvalue weighted by atomic mass is 16.2. The van der Waals surface area contributed by atoms with E-state index in [9.17, 15) is 9.59 Å². The average molecular weight is 311 g/mol. The Bertz CT molecular complexity index is 620. The molecule has 3 nitrogen and oxygen atoms in total. The number of piperidine rings is 1. The average Bonchev–Trinajstić information content (AvgIpc) is 2.56. The Balaban J connectivity index is 2.32. The molecule has 0 aromatic heterocycles. The maximum absolute atomic E-state index is 11.8. The zero-order valence-electron chi connectivity index (χ0n) is 14.0. The molecule has 3 heteroatoms. The molecule has 23 heavy (non-hydrogen) atoms. The van der Waals surface area contributed by atoms with Gasteiger partial charge in [0.1, 0.15) is 0 Å². The highest BCUT2D eigenvalue weighted by Crippen LogP contribution is 2.32. The maximum atomic E-state index is 11.8. The number of hydrogen-bond donors (Lipinski definition) is 0. The van der Waals surface area contributed by atoms with Crippen LogP contribution in [0.15, 0.2) is 49.6 Å². The van der Waals surface area contributed by atoms with Crippen LogP contribution in [0.25, 0.3) is 0 Å². The van der Waals surface area contributed by atoms with Gasteiger partial charge in [-0.1, -0.05) is 31.2 Å². The number of Topliss-reactive ketones (excluding diaryl/α,β-unsaturated/α-hetero) is 2. The van der Waals surface area contributed by atoms with Gasteiger partial charge in [0.2, 0.25) is 11.6 Å². The van der Waals surface area contributed by atoms with Gasteiger partial charge in [0, 0.05) is 24.1 Å². The molecule has 1 aliphatic rings. The first-order chi connectivity index (χ1) is 11.0. The number of anilines is 1. The smallest absolute Gasteiger partial charge is 0.217 e. The second-order valence-electron chi connectivity index (χ2n) is 6.19. The van der Waals surface area contributed by atoms with Gasteiger partial charge in [-0.3, -0.25) is 9.59 Å². The highest BCUT2D eigenvalue weighted by Gasteiger charge is 2.30. The van der Waals surface area contributed by atoms with Gasteiger partial charge < -0.3 is 4.90 Å². The number of rotatable bonds is 6. The van der Waals surface area contributed by atoms with E-state index in [1.165, 1.54) is 5.56 Å². The zero-order valence-corrected chi connectivity index (χ0v) is 14.0. The van der Waals surface area contributed by atoms with E-state index in [4.69, 9.17) is 0 Å². The molecule has 122 valence electrons. The molecular formula is C20H25NO2. The van der Waals surface area contributed by atoms with Crippen molar-refractivity contribution in [2.45, 2.75) is 38.6 Å². The lowest BCUT2D eigenvalue weighted by atomic mass is 9.84. The number of allylic oxidation sites excluding steroid dienone is 2. The van der Waals surface area contributed by atoms with Crippen molar-refractivity contribution in [3.63, 3.8) is 0 Å². The summed E-state index contributed by atoms with van der Waals surface area (Å²) in [5.74, 6) is -0.0162. The molecule has 0 aliphatic carbocycles. The monoisotopic (exact) mass is 311 g/mol. The lowest BCUT2D eigenvalue weighted by Crippen LogP contribution is -2.47. The first kappa shape index (κ1) is 17.2. The Morgan fingerprint density at radius 2 is 2.00 bits per heavy atom. The molecule has 0 spiro atoms. The first-order valence-corrected chi connectivity index (χ1v) is 8.19. The predicted molar refractivity (Wildman–Crippen MR) is 94.8 cm³/mol. The summed E-state index contributed by atoms with van der Waals surface area (Å²) < 4.78 is 0. The normalized spacial score (nSPS) is 21.0. The number of benzene rings is 1. The van der Waals surface area contributed by atoms with E-state index in [0.717, 1.165) is 12.1 Å². The third-order valence-electron chi connectivity index (χ3n) is 4.71. The fraction of sp³-hybridized carbons (Fsp3) is 0.400. The molecule has 0 amide bonds. The third-order valence-corrected chi connectivity index (χ3v) is 4.71. The first-order valence-electron chi connectivity index (χ1n) is 8.19. The number of nitrogens with zero attached hydrogens (tertiary/aromatic N) is 1. The van der Waals surface area contributed by atoms with Crippen molar-refractivity contribution in [1.82, 2.24) is 0 Å². The molecule has 1 aromatic carbocycles. The highest BCUT2D eigenvalue weighted by molar-refractivity contribution is 6.39. The van der Waals surface area contributed by atoms with E-state index in [2.05, 4.69) is 32.2 Å². The predicted octanol–water partition coefficient (Wildman–Crippen LogP) is 3.91. The van der Waals surface area contributed by atoms with E-state index in [-0.39, 0.29) is 36.5 Å². The van der Waals surface area contributed by atoms with Gasteiger partial charge in [-0.05, 0) is 37.0 Å². The largest absolute Gasteiger partial charge is 0.361 e. The minimum atomic E-state index is -0.300. The van der Waals surface area contributed by atoms with Crippen LogP contribution in [0.2, 0.25) is 0 Å². The van der Waals surface area contributed by atoms with Gasteiger partial charge in [0.15, 0.2) is 0 Å². The molecule has 1 heterocycles. The van der Waals surface area contributed by atoms with Crippen LogP contribution in [0.1, 0.15) is 38.2 Å². The maximum Gasteiger partial charge on any atom is 0.217 e. The van der Waals surface area contributed by atoms with Crippen molar-refractivity contribution < 1.29 is 9.59 Å². The van der Waals surface area contributed by atoms with Crippen LogP contribution in [0.4, 0.5) is 5.69 Å². The Hall–Kier alpha value is -2.16. The Morgan fingerprint density at radius 1 is 1.26 bits per heavy atom. The number of carbonyl (C=O) groups excluding carboxylic acids is 2. The van der Waals surface area contributed by atoms with Crippen LogP contribution in [-0.4, -0.2) is 24.2 Å². The number of carbonyl (C=O) groups is 2. The van der Waals surface area contributed by atoms with Gasteiger partial charge >= 0.3 is 0 Å². The molecule has 0 bridgehead atoms. The third kappa shape index (κ3) is 3.61. The fourth-order valence-electron chi connectivity index (χ4n) is 3.27. The fourth-order valence-corrected chi connectivity index (χ4v) is 3.27. The Morgan fingerprint density at radius 3 is 2.61 bits per heavy atom. The molecular weight excluding hydrogens is 286 g/mol. The standard InChI is InChI=1S/C20H25NO2/c1-5-15(6-2)18(7-3)16-9-8-10-17(12-16)21-13-20(23)19(22)11-14(21)4/h5,7-10,12,14-15,18H,1,3,6,11,13H2,2,4H3. The topological polar surface area (TPSA) is 37.4 Å². The van der Waals surface area contributed by atoms with Gasteiger partial charge in [-0.25, -0.2) is 0 Å². The molecule has 2 rings (SSSR count). The van der Waals surface area contributed by atoms with Gasteiger partial charge in [0.25, 0.3) is 0 Å². The summed E-state index contributed by atoms with van der Waals surface area (Å²) in [6.45, 7) is 12.2. The second kappa shape index (κ2) is 7.40. The zero-order chi connectivity index (χ0) is 17.0. The molecule has 1 fully saturated rings. The summed E-state index contributed by atoms with van der Waals surface area (Å²) in [6, 6.07) is 8.24. The molecule has 0 radical (unpaired) electrons. The summed E-state index contributed by atoms with van der Waals surface area (Å²) in [5, 5.41) is 0. The van der Waals surface area contributed by atoms with E-state index >= 15 is 0 Å². The molecule has 3 unspecified atom stereocenters. The van der Waals surface area contributed by atoms with Crippen LogP contribution in [0.3, 0.4) is 0 Å². The summed E-state index contributed by atoms with van der Waals surface area (Å²) in [7, 11) is 0. The van der Waals surface area contributed by atoms with Gasteiger partial charge in [-0.15, -0.1) is 13.2 Å². The minimum absolute atomic E-state index is 0.0407. The molecule has 3 atom stereocenters. The van der Waals surface area contributed by atoms with E-state index in [0.29, 0.717) is 5.92 Å². The van der Waals surface area contributed by atoms with Crippen molar-refractivity contribution in [2.75, 3.05) is 11.4 Å². The van der Waals surface area contributed by atoms with Crippen molar-refractivity contribution in [3.05, 3.63) is 55.1 Å². The number of ketones is 2. The summed E-state index contributed by atoms with van der Waals surface area (Å²) in [6.07, 6.45) is 5.23. The second-order valence-corrected chi connectivity index (χ2v) is 6.19. The number of hydrogen-bond acceptors (Lipinski definition) is 3. The lowest BCUT2D eigenvalue weighted by molar-refractivity contribution is -0.137. The van der Waals surface area contributed by atoms with E-state index in [1.54, 1.807) is 0 Å². The molecule has 1 aliphatic heterocycles. The summed E-state index contributed by atoms with van der Waals surface area (Å²) in [5.41, 5.74) is 2.16. The van der Waals surface area contributed by atoms with Crippen LogP contribution in [-0.2, 0) is 9.59 Å². The van der Waals surface area contributed by atoms with Gasteiger partial charge in [0.05, 0.1) is 6.54 Å². The molecule has 0 saturated carbocycles. The van der Waals surface area contributed by atoms with Crippen molar-refractivity contribution in [2.24, 2.45) is 5.92 Å².